The Hall–Kier alpha value is -2.69. The summed E-state index contributed by atoms with van der Waals surface area (Å²) in [5.74, 6) is -1.24. The average Bonchev–Trinajstić information content (AvgIpc) is 3.41. The van der Waals surface area contributed by atoms with Gasteiger partial charge in [0.1, 0.15) is 0 Å². The molecule has 0 aliphatic heterocycles. The number of ketones is 1. The van der Waals surface area contributed by atoms with Gasteiger partial charge in [-0.2, -0.15) is 0 Å². The lowest BCUT2D eigenvalue weighted by atomic mass is 9.88. The van der Waals surface area contributed by atoms with E-state index in [1.54, 1.807) is 18.2 Å². The molecule has 0 aromatic heterocycles. The number of fused-ring (bicyclic) bond motifs is 1. The van der Waals surface area contributed by atoms with Crippen LogP contribution in [0.2, 0.25) is 0 Å². The Bertz CT molecular complexity index is 998. The van der Waals surface area contributed by atoms with Crippen LogP contribution in [0.15, 0.2) is 24.3 Å². The van der Waals surface area contributed by atoms with E-state index in [4.69, 9.17) is 0 Å². The second-order valence-corrected chi connectivity index (χ2v) is 8.86. The third-order valence-electron chi connectivity index (χ3n) is 6.77. The number of rotatable bonds is 6. The zero-order valence-corrected chi connectivity index (χ0v) is 17.5. The number of Topliss-reactive ketones (excluding diaryl/α,β-unsaturated/α-hetero) is 1. The van der Waals surface area contributed by atoms with Crippen molar-refractivity contribution in [2.75, 3.05) is 0 Å². The number of amides is 1. The molecule has 5 nitrogen and oxygen atoms in total. The van der Waals surface area contributed by atoms with Crippen molar-refractivity contribution in [3.05, 3.63) is 46.5 Å². The van der Waals surface area contributed by atoms with Crippen molar-refractivity contribution in [2.24, 2.45) is 5.92 Å². The van der Waals surface area contributed by atoms with E-state index in [2.05, 4.69) is 5.32 Å². The number of carbonyl (C=O) groups excluding carboxylic acids is 3. The minimum absolute atomic E-state index is 0.0270. The van der Waals surface area contributed by atoms with Crippen molar-refractivity contribution >= 4 is 28.4 Å². The Morgan fingerprint density at radius 3 is 2.13 bits per heavy atom. The number of aromatic carboxylic acids is 1. The summed E-state index contributed by atoms with van der Waals surface area (Å²) in [5, 5.41) is 15.9. The largest absolute Gasteiger partial charge is 0.545 e. The van der Waals surface area contributed by atoms with Gasteiger partial charge in [0, 0.05) is 34.5 Å². The topological polar surface area (TPSA) is 86.3 Å². The zero-order chi connectivity index (χ0) is 21.3. The molecule has 5 heteroatoms. The first-order chi connectivity index (χ1) is 14.5. The molecule has 0 atom stereocenters. The van der Waals surface area contributed by atoms with Crippen molar-refractivity contribution in [1.82, 2.24) is 5.32 Å². The van der Waals surface area contributed by atoms with E-state index in [0.29, 0.717) is 34.2 Å². The molecule has 4 rings (SSSR count). The van der Waals surface area contributed by atoms with E-state index >= 15 is 0 Å². The van der Waals surface area contributed by atoms with Gasteiger partial charge in [-0.05, 0) is 48.8 Å². The van der Waals surface area contributed by atoms with Gasteiger partial charge in [-0.3, -0.25) is 9.59 Å². The van der Waals surface area contributed by atoms with E-state index < -0.39 is 5.97 Å². The number of nitrogens with one attached hydrogen (secondary N) is 1. The molecule has 0 heterocycles. The molecule has 2 aliphatic rings. The van der Waals surface area contributed by atoms with Gasteiger partial charge in [0.25, 0.3) is 5.91 Å². The van der Waals surface area contributed by atoms with Crippen LogP contribution in [0.5, 0.6) is 0 Å². The summed E-state index contributed by atoms with van der Waals surface area (Å²) >= 11 is 0. The molecule has 2 saturated carbocycles. The Labute approximate surface area is 176 Å². The van der Waals surface area contributed by atoms with Crippen molar-refractivity contribution in [1.29, 1.82) is 0 Å². The number of benzene rings is 2. The lowest BCUT2D eigenvalue weighted by Gasteiger charge is -2.19. The van der Waals surface area contributed by atoms with Crippen LogP contribution in [0.1, 0.15) is 94.4 Å². The van der Waals surface area contributed by atoms with Crippen LogP contribution in [0, 0.1) is 12.8 Å². The van der Waals surface area contributed by atoms with E-state index in [-0.39, 0.29) is 23.3 Å². The van der Waals surface area contributed by atoms with E-state index in [0.717, 1.165) is 56.9 Å². The van der Waals surface area contributed by atoms with Crippen molar-refractivity contribution in [2.45, 2.75) is 70.8 Å². The van der Waals surface area contributed by atoms with Crippen LogP contribution in [0.25, 0.3) is 10.8 Å². The lowest BCUT2D eigenvalue weighted by Crippen LogP contribution is -2.33. The second-order valence-electron chi connectivity index (χ2n) is 8.86. The zero-order valence-electron chi connectivity index (χ0n) is 17.5. The maximum absolute atomic E-state index is 13.1. The third kappa shape index (κ3) is 3.98. The number of carboxylic acid groups (broad SMARTS) is 1. The number of carbonyl (C=O) groups is 3. The van der Waals surface area contributed by atoms with Crippen LogP contribution in [-0.2, 0) is 0 Å². The summed E-state index contributed by atoms with van der Waals surface area (Å²) in [4.78, 5) is 38.1. The SMILES string of the molecule is Cc1ccc(C(=O)[O-])c2c(C(=O)CC3CCCC3)ccc(C(=O)NC3CCCC3)c12. The van der Waals surface area contributed by atoms with Gasteiger partial charge in [-0.25, -0.2) is 0 Å². The molecule has 0 saturated heterocycles. The first-order valence-corrected chi connectivity index (χ1v) is 11.1. The normalized spacial score (nSPS) is 17.5. The third-order valence-corrected chi connectivity index (χ3v) is 6.77. The standard InChI is InChI=1S/C25H29NO4/c1-15-10-11-20(25(29)30)23-18(21(27)14-16-6-2-3-7-16)12-13-19(22(15)23)24(28)26-17-8-4-5-9-17/h10-13,16-17H,2-9,14H2,1H3,(H,26,28)(H,29,30)/p-1. The highest BCUT2D eigenvalue weighted by atomic mass is 16.4. The molecule has 0 radical (unpaired) electrons. The quantitative estimate of drug-likeness (QED) is 0.736. The molecule has 0 spiro atoms. The average molecular weight is 407 g/mol. The number of hydrogen-bond donors (Lipinski definition) is 1. The number of aryl methyl sites for hydroxylation is 1. The highest BCUT2D eigenvalue weighted by molar-refractivity contribution is 6.20. The summed E-state index contributed by atoms with van der Waals surface area (Å²) in [6.45, 7) is 1.85. The summed E-state index contributed by atoms with van der Waals surface area (Å²) in [7, 11) is 0. The van der Waals surface area contributed by atoms with E-state index in [1.165, 1.54) is 6.07 Å². The van der Waals surface area contributed by atoms with Gasteiger partial charge < -0.3 is 15.2 Å². The molecule has 2 aromatic rings. The fourth-order valence-electron chi connectivity index (χ4n) is 5.18. The molecule has 0 bridgehead atoms. The van der Waals surface area contributed by atoms with Gasteiger partial charge in [0.05, 0.1) is 5.97 Å². The Balaban J connectivity index is 1.80. The molecule has 1 N–H and O–H groups in total. The van der Waals surface area contributed by atoms with Gasteiger partial charge in [-0.15, -0.1) is 0 Å². The van der Waals surface area contributed by atoms with E-state index in [1.807, 2.05) is 6.92 Å². The summed E-state index contributed by atoms with van der Waals surface area (Å²) in [6, 6.07) is 6.64. The summed E-state index contributed by atoms with van der Waals surface area (Å²) < 4.78 is 0. The molecular formula is C25H28NO4-. The Kier molecular flexibility index (Phi) is 5.89. The molecule has 2 aromatic carbocycles. The molecule has 158 valence electrons. The molecule has 2 fully saturated rings. The number of hydrogen-bond acceptors (Lipinski definition) is 4. The fourth-order valence-corrected chi connectivity index (χ4v) is 5.18. The fraction of sp³-hybridized carbons (Fsp3) is 0.480. The first kappa shape index (κ1) is 20.6. The smallest absolute Gasteiger partial charge is 0.252 e. The minimum Gasteiger partial charge on any atom is -0.545 e. The predicted molar refractivity (Wildman–Crippen MR) is 114 cm³/mol. The summed E-state index contributed by atoms with van der Waals surface area (Å²) in [6.07, 6.45) is 8.92. The molecular weight excluding hydrogens is 378 g/mol. The van der Waals surface area contributed by atoms with Gasteiger partial charge >= 0.3 is 0 Å². The molecule has 2 aliphatic carbocycles. The van der Waals surface area contributed by atoms with Gasteiger partial charge in [0.15, 0.2) is 5.78 Å². The van der Waals surface area contributed by atoms with Crippen LogP contribution in [0.3, 0.4) is 0 Å². The van der Waals surface area contributed by atoms with Crippen LogP contribution in [0.4, 0.5) is 0 Å². The van der Waals surface area contributed by atoms with Crippen LogP contribution in [-0.4, -0.2) is 23.7 Å². The van der Waals surface area contributed by atoms with Crippen LogP contribution >= 0.6 is 0 Å². The van der Waals surface area contributed by atoms with Crippen molar-refractivity contribution < 1.29 is 19.5 Å². The Morgan fingerprint density at radius 1 is 0.867 bits per heavy atom. The van der Waals surface area contributed by atoms with Crippen LogP contribution < -0.4 is 10.4 Å². The van der Waals surface area contributed by atoms with E-state index in [9.17, 15) is 19.5 Å². The maximum Gasteiger partial charge on any atom is 0.252 e. The Morgan fingerprint density at radius 2 is 1.47 bits per heavy atom. The highest BCUT2D eigenvalue weighted by Crippen LogP contribution is 2.34. The number of carboxylic acids is 1. The molecule has 0 unspecified atom stereocenters. The lowest BCUT2D eigenvalue weighted by molar-refractivity contribution is -0.254. The minimum atomic E-state index is -1.33. The second kappa shape index (κ2) is 8.58. The monoisotopic (exact) mass is 406 g/mol. The summed E-state index contributed by atoms with van der Waals surface area (Å²) in [5.41, 5.74) is 1.56. The first-order valence-electron chi connectivity index (χ1n) is 11.1. The highest BCUT2D eigenvalue weighted by Gasteiger charge is 2.25. The molecule has 30 heavy (non-hydrogen) atoms. The predicted octanol–water partition coefficient (Wildman–Crippen LogP) is 3.95. The van der Waals surface area contributed by atoms with Gasteiger partial charge in [0.2, 0.25) is 0 Å². The molecule has 1 amide bonds. The van der Waals surface area contributed by atoms with Crippen molar-refractivity contribution in [3.8, 4) is 0 Å². The van der Waals surface area contributed by atoms with Gasteiger partial charge in [-0.1, -0.05) is 50.7 Å². The maximum atomic E-state index is 13.1. The van der Waals surface area contributed by atoms with Crippen molar-refractivity contribution in [3.63, 3.8) is 0 Å².